The molecule has 2 aromatic carbocycles. The van der Waals surface area contributed by atoms with E-state index in [1.54, 1.807) is 27.0 Å². The Morgan fingerprint density at radius 3 is 2.23 bits per heavy atom. The molecule has 2 aromatic rings. The van der Waals surface area contributed by atoms with E-state index in [-0.39, 0.29) is 25.5 Å². The predicted octanol–water partition coefficient (Wildman–Crippen LogP) is 4.43. The van der Waals surface area contributed by atoms with Gasteiger partial charge in [0, 0.05) is 12.3 Å². The number of benzene rings is 2. The number of hydrogen-bond donors (Lipinski definition) is 3. The number of sulfonamides is 1. The van der Waals surface area contributed by atoms with Crippen LogP contribution in [-0.4, -0.2) is 85.0 Å². The predicted molar refractivity (Wildman–Crippen MR) is 199 cm³/mol. The number of carbonyl (C=O) groups is 4. The van der Waals surface area contributed by atoms with Gasteiger partial charge in [-0.15, -0.1) is 6.58 Å². The summed E-state index contributed by atoms with van der Waals surface area (Å²) in [4.78, 5) is 62.1. The number of carbonyl (C=O) groups excluding carboxylic acids is 4. The third-order valence-electron chi connectivity index (χ3n) is 10.5. The van der Waals surface area contributed by atoms with Gasteiger partial charge in [0.15, 0.2) is 0 Å². The van der Waals surface area contributed by atoms with E-state index in [2.05, 4.69) is 27.1 Å². The molecule has 3 aliphatic carbocycles. The molecule has 4 fully saturated rings. The third kappa shape index (κ3) is 8.91. The molecule has 5 atom stereocenters. The van der Waals surface area contributed by atoms with Gasteiger partial charge in [-0.05, 0) is 67.1 Å². The minimum absolute atomic E-state index is 0.0298. The molecular weight excluding hydrogens is 699 g/mol. The van der Waals surface area contributed by atoms with Crippen molar-refractivity contribution in [3.05, 3.63) is 72.8 Å². The summed E-state index contributed by atoms with van der Waals surface area (Å²) in [5.41, 5.74) is 0.587. The highest BCUT2D eigenvalue weighted by molar-refractivity contribution is 7.91. The average molecular weight is 748 g/mol. The molecule has 3 saturated carbocycles. The summed E-state index contributed by atoms with van der Waals surface area (Å²) in [5.74, 6) is -2.53. The SMILES string of the molecule is C=C[C@@H]1C[C@@]1(NC(=O)[C@@H]1C[C@@H](O/N=C/c2ccc(-c3ccccc3)cc2)CN1C(=O)[C@@H](NC(=O)OC1CCCC1)C(C)(C)C)C(=O)NS(=O)(=O)C1CC1. The number of amides is 4. The fourth-order valence-corrected chi connectivity index (χ4v) is 8.44. The quantitative estimate of drug-likeness (QED) is 0.154. The van der Waals surface area contributed by atoms with E-state index in [9.17, 15) is 27.6 Å². The molecule has 0 radical (unpaired) electrons. The topological polar surface area (TPSA) is 173 Å². The van der Waals surface area contributed by atoms with Gasteiger partial charge < -0.3 is 25.1 Å². The minimum atomic E-state index is -3.88. The van der Waals surface area contributed by atoms with Crippen molar-refractivity contribution in [2.75, 3.05) is 6.54 Å². The van der Waals surface area contributed by atoms with Crippen LogP contribution < -0.4 is 15.4 Å². The van der Waals surface area contributed by atoms with Crippen LogP contribution in [0.4, 0.5) is 4.79 Å². The largest absolute Gasteiger partial charge is 0.446 e. The zero-order chi connectivity index (χ0) is 38.0. The van der Waals surface area contributed by atoms with Gasteiger partial charge in [-0.3, -0.25) is 19.1 Å². The Morgan fingerprint density at radius 1 is 0.962 bits per heavy atom. The smallest absolute Gasteiger partial charge is 0.408 e. The Balaban J connectivity index is 1.19. The highest BCUT2D eigenvalue weighted by Gasteiger charge is 2.62. The summed E-state index contributed by atoms with van der Waals surface area (Å²) in [6.07, 6.45) is 5.97. The van der Waals surface area contributed by atoms with Crippen molar-refractivity contribution in [3.8, 4) is 11.1 Å². The molecule has 13 nitrogen and oxygen atoms in total. The maximum absolute atomic E-state index is 14.4. The van der Waals surface area contributed by atoms with Crippen molar-refractivity contribution >= 4 is 40.1 Å². The van der Waals surface area contributed by atoms with Crippen LogP contribution in [0, 0.1) is 11.3 Å². The minimum Gasteiger partial charge on any atom is -0.446 e. The zero-order valence-electron chi connectivity index (χ0n) is 30.5. The molecule has 0 aromatic heterocycles. The van der Waals surface area contributed by atoms with Crippen molar-refractivity contribution in [2.24, 2.45) is 16.5 Å². The molecule has 4 amide bonds. The number of nitrogens with zero attached hydrogens (tertiary/aromatic N) is 2. The second kappa shape index (κ2) is 15.3. The highest BCUT2D eigenvalue weighted by atomic mass is 32.2. The van der Waals surface area contributed by atoms with Gasteiger partial charge in [0.2, 0.25) is 21.8 Å². The molecule has 3 N–H and O–H groups in total. The molecule has 0 spiro atoms. The monoisotopic (exact) mass is 747 g/mol. The van der Waals surface area contributed by atoms with Crippen LogP contribution in [0.1, 0.15) is 77.7 Å². The van der Waals surface area contributed by atoms with Gasteiger partial charge in [0.25, 0.3) is 5.91 Å². The maximum atomic E-state index is 14.4. The van der Waals surface area contributed by atoms with Crippen LogP contribution in [0.15, 0.2) is 72.4 Å². The number of oxime groups is 1. The lowest BCUT2D eigenvalue weighted by Gasteiger charge is -2.35. The average Bonchev–Trinajstić information content (AvgIpc) is 4.00. The van der Waals surface area contributed by atoms with Crippen LogP contribution in [0.5, 0.6) is 0 Å². The van der Waals surface area contributed by atoms with Crippen LogP contribution in [0.25, 0.3) is 11.1 Å². The first-order valence-corrected chi connectivity index (χ1v) is 19.9. The lowest BCUT2D eigenvalue weighted by atomic mass is 9.85. The molecule has 1 heterocycles. The molecule has 0 unspecified atom stereocenters. The van der Waals surface area contributed by atoms with E-state index in [0.717, 1.165) is 42.4 Å². The first-order chi connectivity index (χ1) is 25.2. The summed E-state index contributed by atoms with van der Waals surface area (Å²) in [6, 6.07) is 15.5. The van der Waals surface area contributed by atoms with Crippen LogP contribution in [-0.2, 0) is 34.0 Å². The lowest BCUT2D eigenvalue weighted by molar-refractivity contribution is -0.143. The maximum Gasteiger partial charge on any atom is 0.408 e. The molecule has 1 aliphatic heterocycles. The van der Waals surface area contributed by atoms with Gasteiger partial charge in [-0.1, -0.05) is 86.6 Å². The number of likely N-dealkylation sites (tertiary alicyclic amines) is 1. The van der Waals surface area contributed by atoms with Gasteiger partial charge in [-0.25, -0.2) is 13.2 Å². The fourth-order valence-electron chi connectivity index (χ4n) is 7.08. The van der Waals surface area contributed by atoms with Crippen LogP contribution in [0.3, 0.4) is 0 Å². The summed E-state index contributed by atoms with van der Waals surface area (Å²) >= 11 is 0. The van der Waals surface area contributed by atoms with Gasteiger partial charge in [0.1, 0.15) is 29.8 Å². The zero-order valence-corrected chi connectivity index (χ0v) is 31.3. The Kier molecular flexibility index (Phi) is 11.0. The number of alkyl carbamates (subject to hydrolysis) is 1. The lowest BCUT2D eigenvalue weighted by Crippen LogP contribution is -2.60. The van der Waals surface area contributed by atoms with Gasteiger partial charge >= 0.3 is 6.09 Å². The Bertz CT molecular complexity index is 1830. The number of rotatable bonds is 13. The highest BCUT2D eigenvalue weighted by Crippen LogP contribution is 2.45. The van der Waals surface area contributed by atoms with Crippen molar-refractivity contribution in [1.82, 2.24) is 20.3 Å². The van der Waals surface area contributed by atoms with E-state index >= 15 is 0 Å². The van der Waals surface area contributed by atoms with Crippen molar-refractivity contribution in [3.63, 3.8) is 0 Å². The van der Waals surface area contributed by atoms with Crippen LogP contribution in [0.2, 0.25) is 0 Å². The summed E-state index contributed by atoms with van der Waals surface area (Å²) in [5, 5.41) is 9.09. The first kappa shape index (κ1) is 38.0. The molecule has 6 rings (SSSR count). The molecule has 14 heteroatoms. The summed E-state index contributed by atoms with van der Waals surface area (Å²) < 4.78 is 33.1. The standard InChI is InChI=1S/C39H49N5O8S/c1-5-28-22-39(28,36(47)43-53(49,50)31-19-20-31)42-34(45)32-21-30(52-40-23-25-15-17-27(18-16-25)26-11-7-6-8-12-26)24-44(32)35(46)33(38(2,3)4)41-37(48)51-29-13-9-10-14-29/h5-8,11-12,15-18,23,28-33H,1,9-10,13-14,19-22,24H2,2-4H3,(H,41,48)(H,42,45)(H,43,47)/b40-23+/t28-,30-,32+,33-,39+/m1/s1. The Hall–Kier alpha value is -4.72. The normalized spacial score (nSPS) is 25.0. The second-order valence-corrected chi connectivity index (χ2v) is 17.6. The third-order valence-corrected chi connectivity index (χ3v) is 12.3. The first-order valence-electron chi connectivity index (χ1n) is 18.3. The number of nitrogens with one attached hydrogen (secondary N) is 3. The molecular formula is C39H49N5O8S. The van der Waals surface area contributed by atoms with Crippen molar-refractivity contribution < 1.29 is 37.2 Å². The van der Waals surface area contributed by atoms with Gasteiger partial charge in [0.05, 0.1) is 18.0 Å². The summed E-state index contributed by atoms with van der Waals surface area (Å²) in [7, 11) is -3.88. The Morgan fingerprint density at radius 2 is 1.62 bits per heavy atom. The van der Waals surface area contributed by atoms with Crippen molar-refractivity contribution in [1.29, 1.82) is 0 Å². The number of ether oxygens (including phenoxy) is 1. The van der Waals surface area contributed by atoms with Gasteiger partial charge in [-0.2, -0.15) is 0 Å². The van der Waals surface area contributed by atoms with E-state index in [0.29, 0.717) is 12.8 Å². The van der Waals surface area contributed by atoms with E-state index in [1.165, 1.54) is 11.0 Å². The van der Waals surface area contributed by atoms with Crippen molar-refractivity contribution in [2.45, 2.75) is 107 Å². The van der Waals surface area contributed by atoms with E-state index in [1.807, 2.05) is 54.6 Å². The van der Waals surface area contributed by atoms with Crippen LogP contribution >= 0.6 is 0 Å². The fraction of sp³-hybridized carbons (Fsp3) is 0.513. The van der Waals surface area contributed by atoms with E-state index in [4.69, 9.17) is 9.57 Å². The Labute approximate surface area is 311 Å². The molecule has 0 bridgehead atoms. The molecule has 4 aliphatic rings. The molecule has 1 saturated heterocycles. The molecule has 53 heavy (non-hydrogen) atoms. The van der Waals surface area contributed by atoms with E-state index < -0.39 is 74.1 Å². The summed E-state index contributed by atoms with van der Waals surface area (Å²) in [6.45, 7) is 9.14. The second-order valence-electron chi connectivity index (χ2n) is 15.6. The number of hydrogen-bond acceptors (Lipinski definition) is 9. The molecule has 284 valence electrons.